The molecule has 0 aliphatic carbocycles. The van der Waals surface area contributed by atoms with Crippen molar-refractivity contribution in [1.29, 1.82) is 0 Å². The number of ether oxygens (including phenoxy) is 5. The Morgan fingerprint density at radius 2 is 1.63 bits per heavy atom. The SMILES string of the molecule is CC(=O)OC[C@H]1O[C@@H](C2=C[C@@]3(C)OO[C@]2(C)O3)[C@@H](OC(C)=O)[C@@H]1OC(C)=O. The second-order valence-corrected chi connectivity index (χ2v) is 6.88. The third-order valence-corrected chi connectivity index (χ3v) is 4.38. The first-order valence-electron chi connectivity index (χ1n) is 8.46. The monoisotopic (exact) mass is 386 g/mol. The Morgan fingerprint density at radius 3 is 2.11 bits per heavy atom. The molecule has 0 aromatic rings. The summed E-state index contributed by atoms with van der Waals surface area (Å²) in [7, 11) is 0. The molecule has 0 unspecified atom stereocenters. The molecular weight excluding hydrogens is 364 g/mol. The number of hydrogen-bond acceptors (Lipinski definition) is 10. The zero-order valence-electron chi connectivity index (χ0n) is 15.7. The average Bonchev–Trinajstić information content (AvgIpc) is 3.11. The van der Waals surface area contributed by atoms with Gasteiger partial charge in [-0.2, -0.15) is 9.78 Å². The van der Waals surface area contributed by atoms with Gasteiger partial charge in [0.05, 0.1) is 0 Å². The first-order valence-corrected chi connectivity index (χ1v) is 8.46. The minimum Gasteiger partial charge on any atom is -0.463 e. The minimum absolute atomic E-state index is 0.180. The van der Waals surface area contributed by atoms with Crippen LogP contribution in [0.15, 0.2) is 11.6 Å². The third kappa shape index (κ3) is 3.84. The van der Waals surface area contributed by atoms with Gasteiger partial charge in [0.25, 0.3) is 0 Å². The van der Waals surface area contributed by atoms with Crippen LogP contribution in [-0.2, 0) is 47.8 Å². The first-order chi connectivity index (χ1) is 12.5. The molecule has 0 saturated carbocycles. The van der Waals surface area contributed by atoms with Crippen molar-refractivity contribution in [2.75, 3.05) is 6.61 Å². The maximum Gasteiger partial charge on any atom is 0.303 e. The zero-order chi connectivity index (χ0) is 20.0. The molecule has 0 spiro atoms. The molecule has 0 amide bonds. The number of fused-ring (bicyclic) bond motifs is 2. The third-order valence-electron chi connectivity index (χ3n) is 4.38. The summed E-state index contributed by atoms with van der Waals surface area (Å²) in [6.07, 6.45) is -1.99. The Hall–Kier alpha value is -2.01. The highest BCUT2D eigenvalue weighted by molar-refractivity contribution is 5.68. The van der Waals surface area contributed by atoms with Crippen molar-refractivity contribution in [3.8, 4) is 0 Å². The first kappa shape index (κ1) is 19.7. The Bertz CT molecular complexity index is 687. The molecule has 0 aromatic heterocycles. The summed E-state index contributed by atoms with van der Waals surface area (Å²) in [5.74, 6) is -4.07. The summed E-state index contributed by atoms with van der Waals surface area (Å²) in [5.41, 5.74) is 0.518. The Kier molecular flexibility index (Phi) is 5.02. The molecule has 10 heteroatoms. The van der Waals surface area contributed by atoms with Crippen LogP contribution in [0, 0.1) is 0 Å². The maximum absolute atomic E-state index is 11.7. The van der Waals surface area contributed by atoms with E-state index in [1.165, 1.54) is 20.8 Å². The fourth-order valence-corrected chi connectivity index (χ4v) is 3.46. The van der Waals surface area contributed by atoms with E-state index in [1.807, 2.05) is 0 Å². The van der Waals surface area contributed by atoms with E-state index in [1.54, 1.807) is 19.9 Å². The predicted octanol–water partition coefficient (Wildman–Crippen LogP) is 0.531. The molecule has 150 valence electrons. The van der Waals surface area contributed by atoms with E-state index in [0.717, 1.165) is 0 Å². The number of hydrogen-bond donors (Lipinski definition) is 0. The lowest BCUT2D eigenvalue weighted by molar-refractivity contribution is -0.338. The lowest BCUT2D eigenvalue weighted by Crippen LogP contribution is -2.44. The van der Waals surface area contributed by atoms with Gasteiger partial charge in [-0.25, -0.2) is 0 Å². The van der Waals surface area contributed by atoms with Crippen LogP contribution in [0.25, 0.3) is 0 Å². The fourth-order valence-electron chi connectivity index (χ4n) is 3.46. The van der Waals surface area contributed by atoms with E-state index in [0.29, 0.717) is 5.57 Å². The van der Waals surface area contributed by atoms with Crippen LogP contribution in [-0.4, -0.2) is 60.5 Å². The van der Waals surface area contributed by atoms with E-state index in [-0.39, 0.29) is 6.61 Å². The predicted molar refractivity (Wildman–Crippen MR) is 84.6 cm³/mol. The quantitative estimate of drug-likeness (QED) is 0.287. The van der Waals surface area contributed by atoms with E-state index >= 15 is 0 Å². The standard InChI is InChI=1S/C17H22O10/c1-8(18)21-7-12-14(22-9(2)19)15(23-10(3)20)13(24-12)11-6-16(4)25-17(11,5)27-26-16/h6,12-15H,7H2,1-5H3/t12-,13+,14-,15-,16-,17+/m1/s1. The van der Waals surface area contributed by atoms with E-state index < -0.39 is 53.9 Å². The Labute approximate surface area is 155 Å². The van der Waals surface area contributed by atoms with Gasteiger partial charge in [0.2, 0.25) is 11.6 Å². The van der Waals surface area contributed by atoms with Crippen molar-refractivity contribution in [3.05, 3.63) is 11.6 Å². The average molecular weight is 386 g/mol. The van der Waals surface area contributed by atoms with Gasteiger partial charge >= 0.3 is 17.9 Å². The molecule has 2 saturated heterocycles. The molecule has 10 nitrogen and oxygen atoms in total. The van der Waals surface area contributed by atoms with Gasteiger partial charge in [0, 0.05) is 26.3 Å². The minimum atomic E-state index is -1.26. The van der Waals surface area contributed by atoms with Crippen LogP contribution in [0.3, 0.4) is 0 Å². The summed E-state index contributed by atoms with van der Waals surface area (Å²) >= 11 is 0. The van der Waals surface area contributed by atoms with E-state index in [4.69, 9.17) is 33.5 Å². The van der Waals surface area contributed by atoms with Gasteiger partial charge in [0.1, 0.15) is 18.8 Å². The summed E-state index contributed by atoms with van der Waals surface area (Å²) in [4.78, 5) is 44.8. The van der Waals surface area contributed by atoms with Crippen molar-refractivity contribution in [2.45, 2.75) is 70.6 Å². The molecule has 0 N–H and O–H groups in total. The second-order valence-electron chi connectivity index (χ2n) is 6.88. The van der Waals surface area contributed by atoms with Crippen LogP contribution >= 0.6 is 0 Å². The lowest BCUT2D eigenvalue weighted by Gasteiger charge is -2.28. The van der Waals surface area contributed by atoms with Crippen LogP contribution in [0.1, 0.15) is 34.6 Å². The molecule has 0 aromatic carbocycles. The molecule has 6 atom stereocenters. The lowest BCUT2D eigenvalue weighted by atomic mass is 9.95. The van der Waals surface area contributed by atoms with Crippen LogP contribution < -0.4 is 0 Å². The van der Waals surface area contributed by atoms with Gasteiger partial charge < -0.3 is 23.7 Å². The normalized spacial score (nSPS) is 39.8. The highest BCUT2D eigenvalue weighted by Gasteiger charge is 2.62. The molecular formula is C17H22O10. The van der Waals surface area contributed by atoms with Gasteiger partial charge in [0.15, 0.2) is 12.2 Å². The van der Waals surface area contributed by atoms with Crippen molar-refractivity contribution in [2.24, 2.45) is 0 Å². The topological polar surface area (TPSA) is 116 Å². The van der Waals surface area contributed by atoms with Crippen molar-refractivity contribution in [3.63, 3.8) is 0 Å². The van der Waals surface area contributed by atoms with Crippen LogP contribution in [0.2, 0.25) is 0 Å². The summed E-state index contributed by atoms with van der Waals surface area (Å²) in [6.45, 7) is 6.81. The molecule has 3 aliphatic rings. The van der Waals surface area contributed by atoms with E-state index in [9.17, 15) is 14.4 Å². The highest BCUT2D eigenvalue weighted by atomic mass is 17.3. The molecule has 0 radical (unpaired) electrons. The number of carbonyl (C=O) groups is 3. The summed E-state index contributed by atoms with van der Waals surface area (Å²) in [6, 6.07) is 0. The zero-order valence-corrected chi connectivity index (χ0v) is 15.7. The largest absolute Gasteiger partial charge is 0.463 e. The van der Waals surface area contributed by atoms with Gasteiger partial charge in [-0.1, -0.05) is 0 Å². The van der Waals surface area contributed by atoms with Crippen molar-refractivity contribution in [1.82, 2.24) is 0 Å². The molecule has 3 aliphatic heterocycles. The smallest absolute Gasteiger partial charge is 0.303 e. The molecule has 2 fully saturated rings. The Morgan fingerprint density at radius 1 is 1.00 bits per heavy atom. The molecule has 3 heterocycles. The summed E-state index contributed by atoms with van der Waals surface area (Å²) < 4.78 is 27.4. The van der Waals surface area contributed by atoms with Crippen molar-refractivity contribution >= 4 is 17.9 Å². The fraction of sp³-hybridized carbons (Fsp3) is 0.706. The van der Waals surface area contributed by atoms with Gasteiger partial charge in [-0.05, 0) is 19.9 Å². The highest BCUT2D eigenvalue weighted by Crippen LogP contribution is 2.49. The number of esters is 3. The summed E-state index contributed by atoms with van der Waals surface area (Å²) in [5, 5.41) is 0. The van der Waals surface area contributed by atoms with Crippen molar-refractivity contribution < 1.29 is 47.8 Å². The van der Waals surface area contributed by atoms with Gasteiger partial charge in [-0.15, -0.1) is 0 Å². The Balaban J connectivity index is 1.92. The van der Waals surface area contributed by atoms with E-state index in [2.05, 4.69) is 0 Å². The maximum atomic E-state index is 11.7. The number of rotatable bonds is 5. The van der Waals surface area contributed by atoms with Gasteiger partial charge in [-0.3, -0.25) is 14.4 Å². The van der Waals surface area contributed by atoms with Crippen LogP contribution in [0.4, 0.5) is 0 Å². The number of carbonyl (C=O) groups excluding carboxylic acids is 3. The molecule has 3 rings (SSSR count). The second kappa shape index (κ2) is 6.86. The molecule has 27 heavy (non-hydrogen) atoms. The van der Waals surface area contributed by atoms with Crippen LogP contribution in [0.5, 0.6) is 0 Å². The molecule has 2 bridgehead atoms.